The molecule has 1 fully saturated rings. The minimum atomic E-state index is -0.513. The summed E-state index contributed by atoms with van der Waals surface area (Å²) in [5.41, 5.74) is 0.205. The first-order chi connectivity index (χ1) is 11.6. The number of likely N-dealkylation sites (tertiary alicyclic amines) is 1. The van der Waals surface area contributed by atoms with E-state index in [4.69, 9.17) is 32.7 Å². The van der Waals surface area contributed by atoms with Gasteiger partial charge in [-0.15, -0.1) is 0 Å². The van der Waals surface area contributed by atoms with E-state index >= 15 is 0 Å². The molecule has 0 spiro atoms. The maximum absolute atomic E-state index is 12.0. The number of carbonyl (C=O) groups is 2. The molecule has 25 heavy (non-hydrogen) atoms. The lowest BCUT2D eigenvalue weighted by Crippen LogP contribution is -2.35. The molecule has 1 atom stereocenters. The Bertz CT molecular complexity index is 616. The lowest BCUT2D eigenvalue weighted by molar-refractivity contribution is -0.126. The summed E-state index contributed by atoms with van der Waals surface area (Å²) in [5, 5.41) is 10.7. The van der Waals surface area contributed by atoms with Gasteiger partial charge in [0.15, 0.2) is 0 Å². The van der Waals surface area contributed by atoms with Gasteiger partial charge in [-0.1, -0.05) is 23.2 Å². The van der Waals surface area contributed by atoms with Crippen LogP contribution in [-0.2, 0) is 14.3 Å². The van der Waals surface area contributed by atoms with E-state index in [0.29, 0.717) is 29.6 Å². The van der Waals surface area contributed by atoms with Crippen LogP contribution < -0.4 is 0 Å². The number of halogens is 2. The number of hydrogen-bond donors (Lipinski definition) is 1. The fraction of sp³-hybridized carbons (Fsp3) is 0.529. The Kier molecular flexibility index (Phi) is 7.83. The van der Waals surface area contributed by atoms with Crippen molar-refractivity contribution in [2.24, 2.45) is 0 Å². The Morgan fingerprint density at radius 2 is 1.88 bits per heavy atom. The minimum absolute atomic E-state index is 0.0345. The average Bonchev–Trinajstić information content (AvgIpc) is 2.99. The number of carbonyl (C=O) groups excluding carboxylic acids is 2. The molecular weight excluding hydrogens is 369 g/mol. The zero-order valence-corrected chi connectivity index (χ0v) is 16.2. The van der Waals surface area contributed by atoms with Gasteiger partial charge in [0.25, 0.3) is 6.47 Å². The predicted molar refractivity (Wildman–Crippen MR) is 96.4 cm³/mol. The maximum Gasteiger partial charge on any atom is 0.410 e. The van der Waals surface area contributed by atoms with E-state index in [9.17, 15) is 9.90 Å². The van der Waals surface area contributed by atoms with Crippen LogP contribution in [0.2, 0.25) is 10.0 Å². The molecule has 1 aromatic carbocycles. The third-order valence-corrected chi connectivity index (χ3v) is 4.17. The monoisotopic (exact) mass is 391 g/mol. The zero-order chi connectivity index (χ0) is 19.2. The Hall–Kier alpha value is -1.66. The van der Waals surface area contributed by atoms with Crippen molar-refractivity contribution in [1.82, 2.24) is 4.90 Å². The first-order valence-corrected chi connectivity index (χ1v) is 8.47. The molecule has 0 bridgehead atoms. The Balaban J connectivity index is 0.000000705. The number of phenols is 1. The summed E-state index contributed by atoms with van der Waals surface area (Å²) >= 11 is 11.9. The standard InChI is InChI=1S/C15H19Cl2NO3.C2H4O2/c1-15(2,3)21-14(20)18-5-4-9(8-18)10-6-11(16)12(17)7-13(10)19;1-4-2-3/h6-7,9,19H,4-5,8H2,1-3H3;2H,1H3. The number of benzene rings is 1. The van der Waals surface area contributed by atoms with Gasteiger partial charge in [-0.05, 0) is 33.3 Å². The van der Waals surface area contributed by atoms with E-state index in [2.05, 4.69) is 4.74 Å². The van der Waals surface area contributed by atoms with E-state index in [1.54, 1.807) is 11.0 Å². The van der Waals surface area contributed by atoms with E-state index in [-0.39, 0.29) is 17.8 Å². The quantitative estimate of drug-likeness (QED) is 0.763. The van der Waals surface area contributed by atoms with Gasteiger partial charge in [0.2, 0.25) is 0 Å². The van der Waals surface area contributed by atoms with Crippen molar-refractivity contribution in [3.05, 3.63) is 27.7 Å². The molecule has 8 heteroatoms. The van der Waals surface area contributed by atoms with Crippen molar-refractivity contribution in [1.29, 1.82) is 0 Å². The molecule has 0 saturated carbocycles. The third kappa shape index (κ3) is 6.63. The Labute approximate surface area is 157 Å². The summed E-state index contributed by atoms with van der Waals surface area (Å²) in [6, 6.07) is 3.11. The average molecular weight is 392 g/mol. The van der Waals surface area contributed by atoms with Crippen LogP contribution >= 0.6 is 23.2 Å². The smallest absolute Gasteiger partial charge is 0.410 e. The lowest BCUT2D eigenvalue weighted by Gasteiger charge is -2.24. The van der Waals surface area contributed by atoms with Crippen molar-refractivity contribution in [3.8, 4) is 5.75 Å². The number of phenolic OH excluding ortho intramolecular Hbond substituents is 1. The highest BCUT2D eigenvalue weighted by molar-refractivity contribution is 6.42. The van der Waals surface area contributed by atoms with Crippen LogP contribution in [0.3, 0.4) is 0 Å². The number of aromatic hydroxyl groups is 1. The van der Waals surface area contributed by atoms with Crippen LogP contribution in [0.5, 0.6) is 5.75 Å². The van der Waals surface area contributed by atoms with Gasteiger partial charge in [-0.2, -0.15) is 0 Å². The summed E-state index contributed by atoms with van der Waals surface area (Å²) < 4.78 is 9.22. The Morgan fingerprint density at radius 1 is 1.32 bits per heavy atom. The van der Waals surface area contributed by atoms with Gasteiger partial charge >= 0.3 is 6.09 Å². The van der Waals surface area contributed by atoms with Gasteiger partial charge in [-0.3, -0.25) is 4.79 Å². The number of ether oxygens (including phenoxy) is 2. The van der Waals surface area contributed by atoms with Crippen molar-refractivity contribution >= 4 is 35.8 Å². The molecule has 6 nitrogen and oxygen atoms in total. The summed E-state index contributed by atoms with van der Waals surface area (Å²) in [7, 11) is 1.31. The summed E-state index contributed by atoms with van der Waals surface area (Å²) in [4.78, 5) is 22.6. The van der Waals surface area contributed by atoms with Gasteiger partial charge < -0.3 is 19.5 Å². The van der Waals surface area contributed by atoms with Gasteiger partial charge in [0, 0.05) is 30.6 Å². The highest BCUT2D eigenvalue weighted by atomic mass is 35.5. The van der Waals surface area contributed by atoms with Crippen molar-refractivity contribution in [2.75, 3.05) is 20.2 Å². The van der Waals surface area contributed by atoms with Crippen LogP contribution in [0.15, 0.2) is 12.1 Å². The van der Waals surface area contributed by atoms with Crippen LogP contribution in [0.1, 0.15) is 38.7 Å². The van der Waals surface area contributed by atoms with Crippen LogP contribution in [0, 0.1) is 0 Å². The second-order valence-electron chi connectivity index (χ2n) is 6.57. The normalized spacial score (nSPS) is 16.7. The van der Waals surface area contributed by atoms with Crippen LogP contribution in [0.25, 0.3) is 0 Å². The fourth-order valence-corrected chi connectivity index (χ4v) is 2.72. The molecule has 1 aliphatic heterocycles. The van der Waals surface area contributed by atoms with Crippen LogP contribution in [-0.4, -0.2) is 48.4 Å². The molecular formula is C17H23Cl2NO5. The van der Waals surface area contributed by atoms with E-state index in [0.717, 1.165) is 12.0 Å². The Morgan fingerprint density at radius 3 is 2.40 bits per heavy atom. The van der Waals surface area contributed by atoms with Crippen molar-refractivity contribution in [3.63, 3.8) is 0 Å². The van der Waals surface area contributed by atoms with E-state index in [1.165, 1.54) is 13.2 Å². The summed E-state index contributed by atoms with van der Waals surface area (Å²) in [6.45, 7) is 6.98. The second-order valence-corrected chi connectivity index (χ2v) is 7.38. The van der Waals surface area contributed by atoms with Crippen LogP contribution in [0.4, 0.5) is 4.79 Å². The molecule has 1 N–H and O–H groups in total. The molecule has 1 aliphatic rings. The molecule has 0 aromatic heterocycles. The maximum atomic E-state index is 12.0. The molecule has 1 saturated heterocycles. The highest BCUT2D eigenvalue weighted by Gasteiger charge is 2.32. The molecule has 0 aliphatic carbocycles. The molecule has 1 unspecified atom stereocenters. The fourth-order valence-electron chi connectivity index (χ4n) is 2.39. The summed E-state index contributed by atoms with van der Waals surface area (Å²) in [5.74, 6) is 0.146. The van der Waals surface area contributed by atoms with Gasteiger partial charge in [-0.25, -0.2) is 4.79 Å². The third-order valence-electron chi connectivity index (χ3n) is 3.45. The number of rotatable bonds is 2. The number of hydrogen-bond acceptors (Lipinski definition) is 5. The van der Waals surface area contributed by atoms with Gasteiger partial charge in [0.05, 0.1) is 17.2 Å². The summed E-state index contributed by atoms with van der Waals surface area (Å²) in [6.07, 6.45) is 0.426. The topological polar surface area (TPSA) is 76.1 Å². The number of methoxy groups -OCH3 is 1. The zero-order valence-electron chi connectivity index (χ0n) is 14.7. The molecule has 1 aromatic rings. The molecule has 2 rings (SSSR count). The first kappa shape index (κ1) is 21.4. The molecule has 140 valence electrons. The second kappa shape index (κ2) is 9.15. The predicted octanol–water partition coefficient (Wildman–Crippen LogP) is 4.21. The lowest BCUT2D eigenvalue weighted by atomic mass is 9.97. The SMILES string of the molecule is CC(C)(C)OC(=O)N1CCC(c2cc(Cl)c(Cl)cc2O)C1.COC=O. The number of amides is 1. The minimum Gasteiger partial charge on any atom is -0.508 e. The number of nitrogens with zero attached hydrogens (tertiary/aromatic N) is 1. The molecule has 1 amide bonds. The molecule has 0 radical (unpaired) electrons. The van der Waals surface area contributed by atoms with E-state index in [1.807, 2.05) is 20.8 Å². The van der Waals surface area contributed by atoms with E-state index < -0.39 is 5.60 Å². The van der Waals surface area contributed by atoms with Crippen molar-refractivity contribution in [2.45, 2.75) is 38.7 Å². The van der Waals surface area contributed by atoms with Crippen molar-refractivity contribution < 1.29 is 24.2 Å². The molecule has 1 heterocycles. The largest absolute Gasteiger partial charge is 0.508 e. The highest BCUT2D eigenvalue weighted by Crippen LogP contribution is 2.38. The van der Waals surface area contributed by atoms with Gasteiger partial charge in [0.1, 0.15) is 11.4 Å². The first-order valence-electron chi connectivity index (χ1n) is 7.71.